The summed E-state index contributed by atoms with van der Waals surface area (Å²) >= 11 is 0. The Morgan fingerprint density at radius 3 is 2.46 bits per heavy atom. The molecule has 0 radical (unpaired) electrons. The zero-order chi connectivity index (χ0) is 20.9. The second kappa shape index (κ2) is 8.55. The number of hydrogen-bond donors (Lipinski definition) is 3. The first kappa shape index (κ1) is 21.6. The van der Waals surface area contributed by atoms with Crippen molar-refractivity contribution >= 4 is 23.3 Å². The molecule has 2 atom stereocenters. The van der Waals surface area contributed by atoms with Gasteiger partial charge in [0.15, 0.2) is 0 Å². The van der Waals surface area contributed by atoms with Gasteiger partial charge in [-0.25, -0.2) is 4.79 Å². The predicted octanol–water partition coefficient (Wildman–Crippen LogP) is 2.56. The lowest BCUT2D eigenvalue weighted by Gasteiger charge is -2.58. The molecule has 0 heterocycles. The van der Waals surface area contributed by atoms with Crippen LogP contribution in [0.4, 0.5) is 11.4 Å². The first-order valence-corrected chi connectivity index (χ1v) is 9.28. The number of carbonyl (C=O) groups is 2. The van der Waals surface area contributed by atoms with Crippen LogP contribution in [0.3, 0.4) is 0 Å². The minimum Gasteiger partial charge on any atom is -0.479 e. The summed E-state index contributed by atoms with van der Waals surface area (Å²) in [7, 11) is 0. The summed E-state index contributed by atoms with van der Waals surface area (Å²) in [4.78, 5) is 34.4. The zero-order valence-electron chi connectivity index (χ0n) is 16.4. The van der Waals surface area contributed by atoms with Crippen LogP contribution in [0, 0.1) is 15.5 Å². The number of amides is 1. The molecule has 2 unspecified atom stereocenters. The van der Waals surface area contributed by atoms with Crippen LogP contribution in [0.5, 0.6) is 0 Å². The summed E-state index contributed by atoms with van der Waals surface area (Å²) in [6.07, 6.45) is 0.700. The molecule has 0 aliphatic heterocycles. The highest BCUT2D eigenvalue weighted by atomic mass is 16.6. The summed E-state index contributed by atoms with van der Waals surface area (Å²) in [6.45, 7) is 6.42. The normalized spacial score (nSPS) is 22.8. The summed E-state index contributed by atoms with van der Waals surface area (Å²) in [5.74, 6) is -1.37. The fourth-order valence-corrected chi connectivity index (χ4v) is 3.52. The Bertz CT molecular complexity index is 734. The van der Waals surface area contributed by atoms with E-state index in [9.17, 15) is 24.8 Å². The van der Waals surface area contributed by atoms with Gasteiger partial charge in [0.05, 0.1) is 11.0 Å². The number of aliphatic carboxylic acids is 1. The molecule has 0 bridgehead atoms. The number of nitro groups is 1. The van der Waals surface area contributed by atoms with Crippen LogP contribution in [-0.2, 0) is 14.3 Å². The lowest BCUT2D eigenvalue weighted by atomic mass is 9.54. The van der Waals surface area contributed by atoms with Gasteiger partial charge in [-0.2, -0.15) is 0 Å². The highest BCUT2D eigenvalue weighted by Crippen LogP contribution is 2.51. The van der Waals surface area contributed by atoms with Crippen molar-refractivity contribution in [3.8, 4) is 0 Å². The van der Waals surface area contributed by atoms with Crippen molar-refractivity contribution in [1.29, 1.82) is 0 Å². The number of nitrogens with zero attached hydrogens (tertiary/aromatic N) is 1. The molecule has 9 nitrogen and oxygen atoms in total. The Balaban J connectivity index is 1.82. The Morgan fingerprint density at radius 1 is 1.32 bits per heavy atom. The maximum absolute atomic E-state index is 12.3. The minimum atomic E-state index is -1.32. The van der Waals surface area contributed by atoms with Crippen molar-refractivity contribution in [3.63, 3.8) is 0 Å². The first-order chi connectivity index (χ1) is 13.1. The topological polar surface area (TPSA) is 131 Å². The van der Waals surface area contributed by atoms with E-state index in [-0.39, 0.29) is 30.5 Å². The van der Waals surface area contributed by atoms with Gasteiger partial charge in [-0.05, 0) is 25.5 Å². The second-order valence-corrected chi connectivity index (χ2v) is 7.46. The Hall–Kier alpha value is -2.68. The van der Waals surface area contributed by atoms with E-state index < -0.39 is 21.8 Å². The average Bonchev–Trinajstić information content (AvgIpc) is 2.64. The highest BCUT2D eigenvalue weighted by molar-refractivity contribution is 5.89. The van der Waals surface area contributed by atoms with E-state index in [2.05, 4.69) is 10.6 Å². The third kappa shape index (κ3) is 4.24. The van der Waals surface area contributed by atoms with Gasteiger partial charge in [-0.1, -0.05) is 13.8 Å². The van der Waals surface area contributed by atoms with Crippen molar-refractivity contribution in [1.82, 2.24) is 5.32 Å². The quantitative estimate of drug-likeness (QED) is 0.316. The van der Waals surface area contributed by atoms with Crippen molar-refractivity contribution in [2.24, 2.45) is 5.41 Å². The van der Waals surface area contributed by atoms with Crippen LogP contribution in [0.25, 0.3) is 0 Å². The number of nitrogens with one attached hydrogen (secondary N) is 2. The Kier molecular flexibility index (Phi) is 6.60. The number of rotatable bonds is 10. The summed E-state index contributed by atoms with van der Waals surface area (Å²) in [5.41, 5.74) is -1.30. The maximum atomic E-state index is 12.3. The van der Waals surface area contributed by atoms with Gasteiger partial charge in [-0.3, -0.25) is 14.9 Å². The zero-order valence-corrected chi connectivity index (χ0v) is 16.4. The molecule has 154 valence electrons. The first-order valence-electron chi connectivity index (χ1n) is 9.28. The Labute approximate surface area is 163 Å². The molecule has 1 amide bonds. The van der Waals surface area contributed by atoms with E-state index in [1.54, 1.807) is 26.0 Å². The number of carboxylic acid groups (broad SMARTS) is 1. The number of ether oxygens (including phenoxy) is 1. The molecule has 1 fully saturated rings. The fourth-order valence-electron chi connectivity index (χ4n) is 3.52. The van der Waals surface area contributed by atoms with E-state index in [1.165, 1.54) is 12.1 Å². The SMILES string of the molecule is CCOC1CC(NC(=O)CCCNc2ccc([N+](=O)[O-])cc2)(C(=O)O)C1(C)C. The molecule has 9 heteroatoms. The van der Waals surface area contributed by atoms with Crippen LogP contribution in [0.15, 0.2) is 24.3 Å². The van der Waals surface area contributed by atoms with E-state index >= 15 is 0 Å². The Morgan fingerprint density at radius 2 is 1.96 bits per heavy atom. The van der Waals surface area contributed by atoms with Gasteiger partial charge >= 0.3 is 5.97 Å². The average molecular weight is 393 g/mol. The molecule has 3 N–H and O–H groups in total. The molecule has 0 spiro atoms. The van der Waals surface area contributed by atoms with Gasteiger partial charge < -0.3 is 20.5 Å². The van der Waals surface area contributed by atoms with Crippen molar-refractivity contribution in [2.75, 3.05) is 18.5 Å². The van der Waals surface area contributed by atoms with Crippen LogP contribution >= 0.6 is 0 Å². The number of carboxylic acids is 1. The summed E-state index contributed by atoms with van der Waals surface area (Å²) in [6, 6.07) is 6.00. The molecule has 1 aromatic rings. The lowest BCUT2D eigenvalue weighted by molar-refractivity contribution is -0.384. The molecule has 0 saturated heterocycles. The molecular weight excluding hydrogens is 366 g/mol. The number of nitro benzene ring substituents is 1. The highest BCUT2D eigenvalue weighted by Gasteiger charge is 2.66. The summed E-state index contributed by atoms with van der Waals surface area (Å²) in [5, 5.41) is 26.1. The van der Waals surface area contributed by atoms with Gasteiger partial charge in [0.1, 0.15) is 5.54 Å². The standard InChI is InChI=1S/C19H27N3O6/c1-4-28-15-12-19(17(24)25,18(15,2)3)21-16(23)6-5-11-20-13-7-9-14(10-8-13)22(26)27/h7-10,15,20H,4-6,11-12H2,1-3H3,(H,21,23)(H,24,25). The molecule has 0 aromatic heterocycles. The number of non-ortho nitro benzene ring substituents is 1. The molecule has 2 rings (SSSR count). The molecule has 1 saturated carbocycles. The van der Waals surface area contributed by atoms with Gasteiger partial charge in [-0.15, -0.1) is 0 Å². The van der Waals surface area contributed by atoms with E-state index in [4.69, 9.17) is 4.74 Å². The third-order valence-corrected chi connectivity index (χ3v) is 5.47. The molecular formula is C19H27N3O6. The fraction of sp³-hybridized carbons (Fsp3) is 0.579. The summed E-state index contributed by atoms with van der Waals surface area (Å²) < 4.78 is 5.58. The number of hydrogen-bond acceptors (Lipinski definition) is 6. The molecule has 1 aliphatic carbocycles. The number of benzene rings is 1. The van der Waals surface area contributed by atoms with Crippen molar-refractivity contribution < 1.29 is 24.4 Å². The predicted molar refractivity (Wildman–Crippen MR) is 103 cm³/mol. The van der Waals surface area contributed by atoms with E-state index in [0.717, 1.165) is 0 Å². The third-order valence-electron chi connectivity index (χ3n) is 5.47. The number of anilines is 1. The maximum Gasteiger partial charge on any atom is 0.330 e. The monoisotopic (exact) mass is 393 g/mol. The van der Waals surface area contributed by atoms with Gasteiger partial charge in [0, 0.05) is 49.2 Å². The van der Waals surface area contributed by atoms with Crippen molar-refractivity contribution in [3.05, 3.63) is 34.4 Å². The number of carbonyl (C=O) groups excluding carboxylic acids is 1. The molecule has 1 aromatic carbocycles. The van der Waals surface area contributed by atoms with Gasteiger partial charge in [0.25, 0.3) is 5.69 Å². The largest absolute Gasteiger partial charge is 0.479 e. The van der Waals surface area contributed by atoms with Crippen LogP contribution in [-0.4, -0.2) is 46.7 Å². The smallest absolute Gasteiger partial charge is 0.330 e. The second-order valence-electron chi connectivity index (χ2n) is 7.46. The van der Waals surface area contributed by atoms with Crippen LogP contribution in [0.2, 0.25) is 0 Å². The van der Waals surface area contributed by atoms with Gasteiger partial charge in [0.2, 0.25) is 5.91 Å². The van der Waals surface area contributed by atoms with Crippen LogP contribution in [0.1, 0.15) is 40.0 Å². The minimum absolute atomic E-state index is 0.0115. The van der Waals surface area contributed by atoms with E-state index in [0.29, 0.717) is 25.3 Å². The molecule has 28 heavy (non-hydrogen) atoms. The van der Waals surface area contributed by atoms with Crippen molar-refractivity contribution in [2.45, 2.75) is 51.7 Å². The van der Waals surface area contributed by atoms with E-state index in [1.807, 2.05) is 6.92 Å². The lowest BCUT2D eigenvalue weighted by Crippen LogP contribution is -2.76. The van der Waals surface area contributed by atoms with Crippen LogP contribution < -0.4 is 10.6 Å². The molecule has 1 aliphatic rings.